The lowest BCUT2D eigenvalue weighted by molar-refractivity contribution is 0.0744. The Bertz CT molecular complexity index is 375. The molecule has 1 aliphatic heterocycles. The first kappa shape index (κ1) is 13.8. The Hall–Kier alpha value is -1.26. The van der Waals surface area contributed by atoms with E-state index in [0.717, 1.165) is 19.5 Å². The van der Waals surface area contributed by atoms with Crippen molar-refractivity contribution >= 4 is 18.3 Å². The number of aromatic hydroxyl groups is 1. The van der Waals surface area contributed by atoms with E-state index in [4.69, 9.17) is 5.11 Å². The summed E-state index contributed by atoms with van der Waals surface area (Å²) >= 11 is 0. The molecular weight excluding hydrogens is 240 g/mol. The van der Waals surface area contributed by atoms with Gasteiger partial charge in [0, 0.05) is 25.2 Å². The average molecular weight is 257 g/mol. The number of carbonyl (C=O) groups is 1. The Balaban J connectivity index is 0.00000144. The van der Waals surface area contributed by atoms with Crippen molar-refractivity contribution in [2.45, 2.75) is 12.5 Å². The van der Waals surface area contributed by atoms with Crippen LogP contribution < -0.4 is 5.32 Å². The molecule has 2 rings (SSSR count). The van der Waals surface area contributed by atoms with Crippen LogP contribution in [-0.4, -0.2) is 42.1 Å². The molecule has 94 valence electrons. The number of carbonyl (C=O) groups excluding carboxylic acids is 1. The van der Waals surface area contributed by atoms with Crippen LogP contribution in [0.3, 0.4) is 0 Å². The molecule has 0 spiro atoms. The lowest BCUT2D eigenvalue weighted by atomic mass is 10.1. The number of benzene rings is 1. The maximum atomic E-state index is 12.1. The van der Waals surface area contributed by atoms with E-state index in [9.17, 15) is 4.79 Å². The predicted octanol–water partition coefficient (Wildman–Crippen LogP) is 1.25. The molecule has 1 heterocycles. The number of rotatable bonds is 2. The standard InChI is InChI=1S/C12H16N2O2.ClH/c1-14(10-6-7-13-8-10)12(16)9-2-4-11(15)5-3-9;/h2-5,10,13,15H,6-8H2,1H3;1H/t10-;/m0./s1. The molecule has 1 aromatic rings. The summed E-state index contributed by atoms with van der Waals surface area (Å²) < 4.78 is 0. The maximum Gasteiger partial charge on any atom is 0.253 e. The van der Waals surface area contributed by atoms with Crippen molar-refractivity contribution in [1.29, 1.82) is 0 Å². The molecule has 1 saturated heterocycles. The number of likely N-dealkylation sites (N-methyl/N-ethyl adjacent to an activating group) is 1. The molecule has 0 aliphatic carbocycles. The minimum absolute atomic E-state index is 0. The first-order valence-corrected chi connectivity index (χ1v) is 5.45. The molecule has 1 amide bonds. The van der Waals surface area contributed by atoms with Crippen LogP contribution in [0.5, 0.6) is 5.75 Å². The van der Waals surface area contributed by atoms with Crippen molar-refractivity contribution in [3.05, 3.63) is 29.8 Å². The van der Waals surface area contributed by atoms with Gasteiger partial charge < -0.3 is 15.3 Å². The van der Waals surface area contributed by atoms with Crippen LogP contribution >= 0.6 is 12.4 Å². The van der Waals surface area contributed by atoms with Crippen molar-refractivity contribution in [2.24, 2.45) is 0 Å². The number of hydrogen-bond acceptors (Lipinski definition) is 3. The van der Waals surface area contributed by atoms with Crippen molar-refractivity contribution in [1.82, 2.24) is 10.2 Å². The highest BCUT2D eigenvalue weighted by Crippen LogP contribution is 2.14. The van der Waals surface area contributed by atoms with Gasteiger partial charge in [-0.15, -0.1) is 12.4 Å². The fourth-order valence-corrected chi connectivity index (χ4v) is 1.94. The molecule has 4 nitrogen and oxygen atoms in total. The van der Waals surface area contributed by atoms with Gasteiger partial charge in [-0.3, -0.25) is 4.79 Å². The number of phenolic OH excluding ortho intramolecular Hbond substituents is 1. The van der Waals surface area contributed by atoms with Gasteiger partial charge in [-0.25, -0.2) is 0 Å². The van der Waals surface area contributed by atoms with E-state index in [1.807, 2.05) is 7.05 Å². The highest BCUT2D eigenvalue weighted by Gasteiger charge is 2.23. The summed E-state index contributed by atoms with van der Waals surface area (Å²) in [4.78, 5) is 13.8. The molecule has 0 aromatic heterocycles. The largest absolute Gasteiger partial charge is 0.508 e. The minimum atomic E-state index is 0. The van der Waals surface area contributed by atoms with Gasteiger partial charge in [0.05, 0.1) is 0 Å². The summed E-state index contributed by atoms with van der Waals surface area (Å²) in [6.45, 7) is 1.83. The van der Waals surface area contributed by atoms with Crippen LogP contribution in [0.2, 0.25) is 0 Å². The third-order valence-electron chi connectivity index (χ3n) is 3.02. The average Bonchev–Trinajstić information content (AvgIpc) is 2.81. The normalized spacial score (nSPS) is 18.5. The molecule has 0 bridgehead atoms. The smallest absolute Gasteiger partial charge is 0.253 e. The van der Waals surface area contributed by atoms with Gasteiger partial charge in [0.25, 0.3) is 5.91 Å². The molecule has 1 fully saturated rings. The van der Waals surface area contributed by atoms with Crippen LogP contribution in [0.1, 0.15) is 16.8 Å². The molecular formula is C12H17ClN2O2. The zero-order valence-corrected chi connectivity index (χ0v) is 10.5. The van der Waals surface area contributed by atoms with Crippen molar-refractivity contribution in [3.8, 4) is 5.75 Å². The van der Waals surface area contributed by atoms with Crippen LogP contribution in [0.4, 0.5) is 0 Å². The van der Waals surface area contributed by atoms with E-state index in [0.29, 0.717) is 5.56 Å². The second kappa shape index (κ2) is 5.89. The summed E-state index contributed by atoms with van der Waals surface area (Å²) in [5, 5.41) is 12.4. The van der Waals surface area contributed by atoms with Crippen LogP contribution in [0.25, 0.3) is 0 Å². The molecule has 5 heteroatoms. The number of nitrogens with zero attached hydrogens (tertiary/aromatic N) is 1. The number of phenols is 1. The highest BCUT2D eigenvalue weighted by molar-refractivity contribution is 5.94. The lowest BCUT2D eigenvalue weighted by Crippen LogP contribution is -2.38. The third-order valence-corrected chi connectivity index (χ3v) is 3.02. The van der Waals surface area contributed by atoms with E-state index in [1.165, 1.54) is 12.1 Å². The van der Waals surface area contributed by atoms with Crippen LogP contribution in [0.15, 0.2) is 24.3 Å². The zero-order valence-electron chi connectivity index (χ0n) is 9.72. The van der Waals surface area contributed by atoms with E-state index in [2.05, 4.69) is 5.32 Å². The lowest BCUT2D eigenvalue weighted by Gasteiger charge is -2.23. The Kier molecular flexibility index (Phi) is 4.78. The van der Waals surface area contributed by atoms with E-state index in [1.54, 1.807) is 17.0 Å². The summed E-state index contributed by atoms with van der Waals surface area (Å²) in [7, 11) is 1.83. The second-order valence-electron chi connectivity index (χ2n) is 4.11. The SMILES string of the molecule is CN(C(=O)c1ccc(O)cc1)[C@H]1CCNC1.Cl. The monoisotopic (exact) mass is 256 g/mol. The van der Waals surface area contributed by atoms with Gasteiger partial charge in [0.2, 0.25) is 0 Å². The van der Waals surface area contributed by atoms with Gasteiger partial charge in [-0.1, -0.05) is 0 Å². The molecule has 17 heavy (non-hydrogen) atoms. The van der Waals surface area contributed by atoms with Crippen molar-refractivity contribution in [2.75, 3.05) is 20.1 Å². The Morgan fingerprint density at radius 2 is 2.06 bits per heavy atom. The first-order chi connectivity index (χ1) is 7.68. The summed E-state index contributed by atoms with van der Waals surface area (Å²) in [5.74, 6) is 0.190. The van der Waals surface area contributed by atoms with Crippen LogP contribution in [-0.2, 0) is 0 Å². The molecule has 1 aliphatic rings. The molecule has 0 saturated carbocycles. The van der Waals surface area contributed by atoms with Gasteiger partial charge >= 0.3 is 0 Å². The Labute approximate surface area is 107 Å². The third kappa shape index (κ3) is 3.11. The van der Waals surface area contributed by atoms with E-state index >= 15 is 0 Å². The maximum absolute atomic E-state index is 12.1. The van der Waals surface area contributed by atoms with Gasteiger partial charge in [-0.05, 0) is 37.2 Å². The fraction of sp³-hybridized carbons (Fsp3) is 0.417. The van der Waals surface area contributed by atoms with Crippen LogP contribution in [0, 0.1) is 0 Å². The quantitative estimate of drug-likeness (QED) is 0.837. The Morgan fingerprint density at radius 1 is 1.41 bits per heavy atom. The van der Waals surface area contributed by atoms with Crippen molar-refractivity contribution in [3.63, 3.8) is 0 Å². The van der Waals surface area contributed by atoms with E-state index in [-0.39, 0.29) is 30.1 Å². The fourth-order valence-electron chi connectivity index (χ4n) is 1.94. The number of nitrogens with one attached hydrogen (secondary N) is 1. The molecule has 1 atom stereocenters. The summed E-state index contributed by atoms with van der Waals surface area (Å²) in [6.07, 6.45) is 1.00. The second-order valence-corrected chi connectivity index (χ2v) is 4.11. The summed E-state index contributed by atoms with van der Waals surface area (Å²) in [6, 6.07) is 6.65. The predicted molar refractivity (Wildman–Crippen MR) is 68.7 cm³/mol. The van der Waals surface area contributed by atoms with Crippen molar-refractivity contribution < 1.29 is 9.90 Å². The molecule has 2 N–H and O–H groups in total. The Morgan fingerprint density at radius 3 is 2.59 bits per heavy atom. The highest BCUT2D eigenvalue weighted by atomic mass is 35.5. The van der Waals surface area contributed by atoms with Gasteiger partial charge in [-0.2, -0.15) is 0 Å². The molecule has 0 radical (unpaired) electrons. The number of amides is 1. The number of halogens is 1. The van der Waals surface area contributed by atoms with Gasteiger partial charge in [0.1, 0.15) is 5.75 Å². The summed E-state index contributed by atoms with van der Waals surface area (Å²) in [5.41, 5.74) is 0.618. The van der Waals surface area contributed by atoms with Gasteiger partial charge in [0.15, 0.2) is 0 Å². The number of hydrogen-bond donors (Lipinski definition) is 2. The van der Waals surface area contributed by atoms with E-state index < -0.39 is 0 Å². The molecule has 0 unspecified atom stereocenters. The zero-order chi connectivity index (χ0) is 11.5. The topological polar surface area (TPSA) is 52.6 Å². The molecule has 1 aromatic carbocycles. The minimum Gasteiger partial charge on any atom is -0.508 e. The first-order valence-electron chi connectivity index (χ1n) is 5.45.